The van der Waals surface area contributed by atoms with Gasteiger partial charge in [-0.05, 0) is 102 Å². The maximum atomic E-state index is 15.2. The summed E-state index contributed by atoms with van der Waals surface area (Å²) in [6.07, 6.45) is -4.63. The Bertz CT molecular complexity index is 4210. The molecule has 0 N–H and O–H groups in total. The molecule has 0 radical (unpaired) electrons. The summed E-state index contributed by atoms with van der Waals surface area (Å²) >= 11 is 3.54. The van der Waals surface area contributed by atoms with Gasteiger partial charge in [0.15, 0.2) is 0 Å². The largest absolute Gasteiger partial charge is 0.417 e. The standard InChI is InChI=1S/C57H32F3N3S2/c1-32-11-10-16-44(57(58,59)60)52(32)37-23-22-34(62-45-17-6-2-14-40(45)53-48(62)27-24-38-35-12-4-8-19-50(35)64-55(38)53)30-42(37)43-29-33(31-61)21-26-47(43)63-46-18-7-3-15-41(46)54-49(63)28-25-39-36-13-5-9-20-51(36)65-56(39)54/h2-30H,1H3. The lowest BCUT2D eigenvalue weighted by molar-refractivity contribution is -0.137. The number of fused-ring (bicyclic) bond motifs is 14. The molecule has 0 bridgehead atoms. The second-order valence-corrected chi connectivity index (χ2v) is 18.7. The first kappa shape index (κ1) is 37.8. The molecule has 308 valence electrons. The van der Waals surface area contributed by atoms with Crippen molar-refractivity contribution in [2.75, 3.05) is 0 Å². The highest BCUT2D eigenvalue weighted by atomic mass is 32.1. The Morgan fingerprint density at radius 1 is 0.477 bits per heavy atom. The van der Waals surface area contributed by atoms with Crippen molar-refractivity contribution < 1.29 is 13.2 Å². The van der Waals surface area contributed by atoms with Crippen molar-refractivity contribution >= 4 is 107 Å². The fourth-order valence-electron chi connectivity index (χ4n) is 10.4. The van der Waals surface area contributed by atoms with Gasteiger partial charge in [0.2, 0.25) is 0 Å². The first-order valence-corrected chi connectivity index (χ1v) is 22.9. The predicted octanol–water partition coefficient (Wildman–Crippen LogP) is 17.1. The Morgan fingerprint density at radius 3 is 1.66 bits per heavy atom. The van der Waals surface area contributed by atoms with Crippen molar-refractivity contribution in [1.82, 2.24) is 9.13 Å². The van der Waals surface area contributed by atoms with Gasteiger partial charge >= 0.3 is 6.18 Å². The summed E-state index contributed by atoms with van der Waals surface area (Å²) in [5.74, 6) is 0. The fourth-order valence-corrected chi connectivity index (χ4v) is 12.9. The third-order valence-corrected chi connectivity index (χ3v) is 15.5. The molecule has 0 fully saturated rings. The molecule has 0 spiro atoms. The van der Waals surface area contributed by atoms with Crippen LogP contribution in [0.15, 0.2) is 176 Å². The van der Waals surface area contributed by atoms with E-state index in [1.807, 2.05) is 42.5 Å². The third-order valence-electron chi connectivity index (χ3n) is 13.1. The summed E-state index contributed by atoms with van der Waals surface area (Å²) in [5.41, 5.74) is 7.40. The van der Waals surface area contributed by atoms with Crippen molar-refractivity contribution in [1.29, 1.82) is 5.26 Å². The monoisotopic (exact) mass is 879 g/mol. The number of thiophene rings is 2. The minimum absolute atomic E-state index is 0.110. The molecule has 13 aromatic rings. The molecule has 0 saturated carbocycles. The predicted molar refractivity (Wildman–Crippen MR) is 266 cm³/mol. The number of para-hydroxylation sites is 2. The summed E-state index contributed by atoms with van der Waals surface area (Å²) in [6, 6.07) is 60.4. The average Bonchev–Trinajstić information content (AvgIpc) is 4.08. The highest BCUT2D eigenvalue weighted by molar-refractivity contribution is 7.27. The number of rotatable bonds is 4. The minimum atomic E-state index is -4.63. The molecule has 4 aromatic heterocycles. The van der Waals surface area contributed by atoms with Crippen molar-refractivity contribution in [3.63, 3.8) is 0 Å². The van der Waals surface area contributed by atoms with Crippen LogP contribution in [0, 0.1) is 18.3 Å². The van der Waals surface area contributed by atoms with E-state index in [0.717, 1.165) is 55.0 Å². The number of aromatic nitrogens is 2. The van der Waals surface area contributed by atoms with Gasteiger partial charge in [0, 0.05) is 73.1 Å². The summed E-state index contributed by atoms with van der Waals surface area (Å²) < 4.78 is 54.9. The third kappa shape index (κ3) is 5.46. The van der Waals surface area contributed by atoms with E-state index in [9.17, 15) is 5.26 Å². The van der Waals surface area contributed by atoms with Gasteiger partial charge < -0.3 is 9.13 Å². The molecule has 0 amide bonds. The van der Waals surface area contributed by atoms with Crippen LogP contribution in [-0.2, 0) is 6.18 Å². The van der Waals surface area contributed by atoms with Crippen LogP contribution in [0.25, 0.3) is 118 Å². The fraction of sp³-hybridized carbons (Fsp3) is 0.0351. The van der Waals surface area contributed by atoms with Crippen molar-refractivity contribution in [3.8, 4) is 39.7 Å². The molecule has 9 aromatic carbocycles. The molecule has 8 heteroatoms. The lowest BCUT2D eigenvalue weighted by Crippen LogP contribution is -2.09. The lowest BCUT2D eigenvalue weighted by Gasteiger charge is -2.22. The maximum Gasteiger partial charge on any atom is 0.417 e. The van der Waals surface area contributed by atoms with E-state index in [1.54, 1.807) is 41.7 Å². The topological polar surface area (TPSA) is 33.6 Å². The van der Waals surface area contributed by atoms with Gasteiger partial charge in [-0.25, -0.2) is 0 Å². The minimum Gasteiger partial charge on any atom is -0.309 e. The maximum absolute atomic E-state index is 15.2. The molecule has 65 heavy (non-hydrogen) atoms. The van der Waals surface area contributed by atoms with Gasteiger partial charge in [-0.2, -0.15) is 18.4 Å². The van der Waals surface area contributed by atoms with Gasteiger partial charge in [0.1, 0.15) is 0 Å². The molecule has 0 aliphatic carbocycles. The van der Waals surface area contributed by atoms with Gasteiger partial charge in [-0.3, -0.25) is 0 Å². The van der Waals surface area contributed by atoms with Gasteiger partial charge in [0.25, 0.3) is 0 Å². The normalized spacial score (nSPS) is 12.3. The summed E-state index contributed by atoms with van der Waals surface area (Å²) in [6.45, 7) is 1.74. The smallest absolute Gasteiger partial charge is 0.309 e. The van der Waals surface area contributed by atoms with Crippen LogP contribution in [-0.4, -0.2) is 9.13 Å². The number of benzene rings is 9. The summed E-state index contributed by atoms with van der Waals surface area (Å²) in [5, 5.41) is 19.7. The Morgan fingerprint density at radius 2 is 1.05 bits per heavy atom. The number of hydrogen-bond donors (Lipinski definition) is 0. The zero-order valence-electron chi connectivity index (χ0n) is 34.5. The van der Waals surface area contributed by atoms with Crippen molar-refractivity contribution in [2.45, 2.75) is 13.1 Å². The molecule has 4 heterocycles. The van der Waals surface area contributed by atoms with E-state index >= 15 is 13.2 Å². The second kappa shape index (κ2) is 13.9. The van der Waals surface area contributed by atoms with Gasteiger partial charge in [-0.15, -0.1) is 22.7 Å². The quantitative estimate of drug-likeness (QED) is 0.173. The average molecular weight is 880 g/mol. The molecule has 0 atom stereocenters. The highest BCUT2D eigenvalue weighted by Crippen LogP contribution is 2.49. The Hall–Kier alpha value is -7.70. The first-order chi connectivity index (χ1) is 31.8. The van der Waals surface area contributed by atoms with E-state index < -0.39 is 11.7 Å². The Kier molecular flexibility index (Phi) is 8.09. The molecule has 3 nitrogen and oxygen atoms in total. The van der Waals surface area contributed by atoms with E-state index in [0.29, 0.717) is 27.8 Å². The Labute approximate surface area is 377 Å². The van der Waals surface area contributed by atoms with E-state index in [4.69, 9.17) is 0 Å². The van der Waals surface area contributed by atoms with Crippen LogP contribution >= 0.6 is 22.7 Å². The zero-order valence-corrected chi connectivity index (χ0v) is 36.2. The zero-order chi connectivity index (χ0) is 43.7. The number of nitriles is 1. The number of hydrogen-bond acceptors (Lipinski definition) is 3. The van der Waals surface area contributed by atoms with Crippen molar-refractivity contribution in [3.05, 3.63) is 193 Å². The van der Waals surface area contributed by atoms with Crippen LogP contribution in [0.1, 0.15) is 16.7 Å². The van der Waals surface area contributed by atoms with E-state index in [2.05, 4.69) is 124 Å². The summed E-state index contributed by atoms with van der Waals surface area (Å²) in [4.78, 5) is 0. The highest BCUT2D eigenvalue weighted by Gasteiger charge is 2.35. The van der Waals surface area contributed by atoms with Crippen molar-refractivity contribution in [2.24, 2.45) is 0 Å². The lowest BCUT2D eigenvalue weighted by atomic mass is 9.87. The van der Waals surface area contributed by atoms with Crippen LogP contribution in [0.3, 0.4) is 0 Å². The van der Waals surface area contributed by atoms with Crippen LogP contribution in [0.5, 0.6) is 0 Å². The van der Waals surface area contributed by atoms with Crippen LogP contribution < -0.4 is 0 Å². The molecule has 0 unspecified atom stereocenters. The SMILES string of the molecule is Cc1cccc(C(F)(F)F)c1-c1ccc(-n2c3ccccc3c3c4sc5ccccc5c4ccc32)cc1-c1cc(C#N)ccc1-n1c2ccccc2c2c3sc4ccccc4c3ccc21. The number of halogens is 3. The molecule has 13 rings (SSSR count). The second-order valence-electron chi connectivity index (χ2n) is 16.6. The summed E-state index contributed by atoms with van der Waals surface area (Å²) in [7, 11) is 0. The molecular formula is C57H32F3N3S2. The molecule has 0 aliphatic heterocycles. The number of aryl methyl sites for hydroxylation is 1. The Balaban J connectivity index is 1.16. The first-order valence-electron chi connectivity index (χ1n) is 21.3. The molecule has 0 aliphatic rings. The van der Waals surface area contributed by atoms with Gasteiger partial charge in [0.05, 0.1) is 45.0 Å². The molecular weight excluding hydrogens is 848 g/mol. The van der Waals surface area contributed by atoms with E-state index in [-0.39, 0.29) is 5.56 Å². The van der Waals surface area contributed by atoms with Crippen LogP contribution in [0.2, 0.25) is 0 Å². The number of nitrogens with zero attached hydrogens (tertiary/aromatic N) is 3. The molecule has 0 saturated heterocycles. The van der Waals surface area contributed by atoms with Crippen LogP contribution in [0.4, 0.5) is 13.2 Å². The number of alkyl halides is 3. The van der Waals surface area contributed by atoms with E-state index in [1.165, 1.54) is 52.5 Å². The van der Waals surface area contributed by atoms with Gasteiger partial charge in [-0.1, -0.05) is 103 Å².